The van der Waals surface area contributed by atoms with Crippen LogP contribution in [0.15, 0.2) is 18.2 Å². The van der Waals surface area contributed by atoms with Gasteiger partial charge in [-0.15, -0.1) is 6.42 Å². The fourth-order valence-electron chi connectivity index (χ4n) is 1.48. The monoisotopic (exact) mass is 248 g/mol. The number of hydrogen-bond acceptors (Lipinski definition) is 4. The number of nitrogens with one attached hydrogen (secondary N) is 1. The molecule has 6 heteroatoms. The molecule has 0 bridgehead atoms. The largest absolute Gasteiger partial charge is 0.477 e. The number of anilines is 1. The van der Waals surface area contributed by atoms with Gasteiger partial charge in [0.25, 0.3) is 0 Å². The quantitative estimate of drug-likeness (QED) is 0.473. The Hall–Kier alpha value is -2.55. The number of aromatic carboxylic acids is 1. The second-order valence-electron chi connectivity index (χ2n) is 3.54. The highest BCUT2D eigenvalue weighted by Crippen LogP contribution is 2.29. The maximum absolute atomic E-state index is 11.0. The van der Waals surface area contributed by atoms with Gasteiger partial charge >= 0.3 is 11.7 Å². The van der Waals surface area contributed by atoms with Crippen molar-refractivity contribution in [1.29, 1.82) is 0 Å². The number of rotatable bonds is 5. The third-order valence-electron chi connectivity index (χ3n) is 2.39. The first-order valence-electron chi connectivity index (χ1n) is 5.24. The maximum Gasteiger partial charge on any atom is 0.342 e. The number of benzene rings is 1. The zero-order valence-corrected chi connectivity index (χ0v) is 9.71. The average molecular weight is 248 g/mol. The molecular formula is C12H12N2O4. The van der Waals surface area contributed by atoms with Crippen LogP contribution in [0, 0.1) is 22.5 Å². The minimum atomic E-state index is -1.35. The average Bonchev–Trinajstić information content (AvgIpc) is 2.35. The van der Waals surface area contributed by atoms with E-state index in [9.17, 15) is 14.9 Å². The fourth-order valence-corrected chi connectivity index (χ4v) is 1.48. The molecule has 0 heterocycles. The molecule has 0 saturated carbocycles. The highest BCUT2D eigenvalue weighted by molar-refractivity contribution is 5.95. The van der Waals surface area contributed by atoms with Gasteiger partial charge in [-0.05, 0) is 18.6 Å². The molecule has 18 heavy (non-hydrogen) atoms. The first-order chi connectivity index (χ1) is 8.51. The Labute approximate surface area is 104 Å². The van der Waals surface area contributed by atoms with E-state index in [1.54, 1.807) is 0 Å². The number of nitrogens with zero attached hydrogens (tertiary/aromatic N) is 1. The molecule has 0 spiro atoms. The molecule has 0 fully saturated rings. The predicted octanol–water partition coefficient (Wildman–Crippen LogP) is 2.12. The number of hydrogen-bond donors (Lipinski definition) is 2. The molecule has 1 unspecified atom stereocenters. The van der Waals surface area contributed by atoms with Crippen molar-refractivity contribution in [2.24, 2.45) is 0 Å². The summed E-state index contributed by atoms with van der Waals surface area (Å²) in [6, 6.07) is 3.67. The Kier molecular flexibility index (Phi) is 4.27. The van der Waals surface area contributed by atoms with E-state index < -0.39 is 16.6 Å². The summed E-state index contributed by atoms with van der Waals surface area (Å²) in [5.74, 6) is 1.09. The van der Waals surface area contributed by atoms with Crippen molar-refractivity contribution >= 4 is 17.3 Å². The minimum absolute atomic E-state index is 0.115. The van der Waals surface area contributed by atoms with Gasteiger partial charge in [-0.1, -0.05) is 18.9 Å². The highest BCUT2D eigenvalue weighted by atomic mass is 16.6. The van der Waals surface area contributed by atoms with Crippen LogP contribution in [-0.2, 0) is 0 Å². The molecule has 0 amide bonds. The van der Waals surface area contributed by atoms with Crippen molar-refractivity contribution in [1.82, 2.24) is 0 Å². The van der Waals surface area contributed by atoms with Crippen LogP contribution >= 0.6 is 0 Å². The molecule has 0 aliphatic heterocycles. The second-order valence-corrected chi connectivity index (χ2v) is 3.54. The first-order valence-corrected chi connectivity index (χ1v) is 5.24. The van der Waals surface area contributed by atoms with Crippen molar-refractivity contribution < 1.29 is 14.8 Å². The standard InChI is InChI=1S/C12H12N2O4/c1-3-8(4-2)13-10-7-5-6-9(12(15)16)11(10)14(17)18/h1,5-8,13H,4H2,2H3,(H,15,16). The highest BCUT2D eigenvalue weighted by Gasteiger charge is 2.24. The summed E-state index contributed by atoms with van der Waals surface area (Å²) in [5, 5.41) is 22.7. The Morgan fingerprint density at radius 1 is 1.67 bits per heavy atom. The van der Waals surface area contributed by atoms with Crippen molar-refractivity contribution in [3.63, 3.8) is 0 Å². The predicted molar refractivity (Wildman–Crippen MR) is 66.6 cm³/mol. The van der Waals surface area contributed by atoms with Gasteiger partial charge in [0.1, 0.15) is 11.3 Å². The summed E-state index contributed by atoms with van der Waals surface area (Å²) in [4.78, 5) is 21.2. The molecule has 1 rings (SSSR count). The number of terminal acetylenes is 1. The summed E-state index contributed by atoms with van der Waals surface area (Å²) in [5.41, 5.74) is -0.722. The summed E-state index contributed by atoms with van der Waals surface area (Å²) in [7, 11) is 0. The maximum atomic E-state index is 11.0. The van der Waals surface area contributed by atoms with Crippen LogP contribution in [0.2, 0.25) is 0 Å². The topological polar surface area (TPSA) is 92.5 Å². The van der Waals surface area contributed by atoms with E-state index in [2.05, 4.69) is 11.2 Å². The lowest BCUT2D eigenvalue weighted by molar-refractivity contribution is -0.384. The van der Waals surface area contributed by atoms with Gasteiger partial charge in [-0.25, -0.2) is 4.79 Å². The molecule has 2 N–H and O–H groups in total. The van der Waals surface area contributed by atoms with E-state index in [1.165, 1.54) is 18.2 Å². The molecule has 0 aliphatic carbocycles. The van der Waals surface area contributed by atoms with Crippen molar-refractivity contribution in [3.05, 3.63) is 33.9 Å². The van der Waals surface area contributed by atoms with E-state index >= 15 is 0 Å². The van der Waals surface area contributed by atoms with Gasteiger partial charge in [0, 0.05) is 0 Å². The first kappa shape index (κ1) is 13.5. The van der Waals surface area contributed by atoms with Crippen LogP contribution in [0.1, 0.15) is 23.7 Å². The lowest BCUT2D eigenvalue weighted by Gasteiger charge is -2.13. The van der Waals surface area contributed by atoms with Crippen LogP contribution in [0.3, 0.4) is 0 Å². The molecule has 0 radical (unpaired) electrons. The van der Waals surface area contributed by atoms with Crippen LogP contribution in [0.25, 0.3) is 0 Å². The Morgan fingerprint density at radius 3 is 2.78 bits per heavy atom. The third-order valence-corrected chi connectivity index (χ3v) is 2.39. The SMILES string of the molecule is C#CC(CC)Nc1cccc(C(=O)O)c1[N+](=O)[O-]. The smallest absolute Gasteiger partial charge is 0.342 e. The summed E-state index contributed by atoms with van der Waals surface area (Å²) < 4.78 is 0. The summed E-state index contributed by atoms with van der Waals surface area (Å²) >= 11 is 0. The number of para-hydroxylation sites is 1. The van der Waals surface area contributed by atoms with Crippen LogP contribution in [0.4, 0.5) is 11.4 Å². The van der Waals surface area contributed by atoms with Crippen LogP contribution in [-0.4, -0.2) is 22.0 Å². The van der Waals surface area contributed by atoms with Gasteiger partial charge in [0.05, 0.1) is 11.0 Å². The Morgan fingerprint density at radius 2 is 2.33 bits per heavy atom. The van der Waals surface area contributed by atoms with Gasteiger partial charge in [0.15, 0.2) is 0 Å². The molecule has 1 aromatic carbocycles. The minimum Gasteiger partial charge on any atom is -0.477 e. The van der Waals surface area contributed by atoms with E-state index in [1.807, 2.05) is 6.92 Å². The molecule has 0 saturated heterocycles. The summed E-state index contributed by atoms with van der Waals surface area (Å²) in [6.45, 7) is 1.82. The zero-order valence-electron chi connectivity index (χ0n) is 9.71. The molecular weight excluding hydrogens is 236 g/mol. The molecule has 0 aromatic heterocycles. The fraction of sp³-hybridized carbons (Fsp3) is 0.250. The number of carbonyl (C=O) groups is 1. The van der Waals surface area contributed by atoms with E-state index in [-0.39, 0.29) is 17.3 Å². The van der Waals surface area contributed by atoms with E-state index in [0.717, 1.165) is 0 Å². The van der Waals surface area contributed by atoms with Crippen LogP contribution < -0.4 is 5.32 Å². The molecule has 0 aliphatic rings. The lowest BCUT2D eigenvalue weighted by Crippen LogP contribution is -2.17. The summed E-state index contributed by atoms with van der Waals surface area (Å²) in [6.07, 6.45) is 5.83. The van der Waals surface area contributed by atoms with Crippen LogP contribution in [0.5, 0.6) is 0 Å². The van der Waals surface area contributed by atoms with Crippen molar-refractivity contribution in [3.8, 4) is 12.3 Å². The van der Waals surface area contributed by atoms with E-state index in [4.69, 9.17) is 11.5 Å². The Balaban J connectivity index is 3.28. The Bertz CT molecular complexity index is 519. The zero-order chi connectivity index (χ0) is 13.7. The van der Waals surface area contributed by atoms with Gasteiger partial charge in [-0.3, -0.25) is 10.1 Å². The molecule has 1 atom stereocenters. The number of nitro groups is 1. The second kappa shape index (κ2) is 5.68. The normalized spacial score (nSPS) is 11.3. The van der Waals surface area contributed by atoms with E-state index in [0.29, 0.717) is 6.42 Å². The van der Waals surface area contributed by atoms with Crippen molar-refractivity contribution in [2.75, 3.05) is 5.32 Å². The molecule has 6 nitrogen and oxygen atoms in total. The molecule has 1 aromatic rings. The van der Waals surface area contributed by atoms with Crippen molar-refractivity contribution in [2.45, 2.75) is 19.4 Å². The number of carboxylic acids is 1. The number of carboxylic acid groups (broad SMARTS) is 1. The third kappa shape index (κ3) is 2.77. The van der Waals surface area contributed by atoms with Gasteiger partial charge in [-0.2, -0.15) is 0 Å². The lowest BCUT2D eigenvalue weighted by atomic mass is 10.1. The van der Waals surface area contributed by atoms with Gasteiger partial charge in [0.2, 0.25) is 0 Å². The number of nitro benzene ring substituents is 1. The molecule has 94 valence electrons. The van der Waals surface area contributed by atoms with Gasteiger partial charge < -0.3 is 10.4 Å².